The summed E-state index contributed by atoms with van der Waals surface area (Å²) in [6, 6.07) is 4.35. The maximum atomic E-state index is 5.67. The van der Waals surface area contributed by atoms with E-state index in [1.807, 2.05) is 17.5 Å². The van der Waals surface area contributed by atoms with Crippen molar-refractivity contribution in [3.05, 3.63) is 22.4 Å². The predicted molar refractivity (Wildman–Crippen MR) is 81.1 cm³/mol. The van der Waals surface area contributed by atoms with Crippen LogP contribution in [-0.2, 0) is 11.3 Å². The van der Waals surface area contributed by atoms with Gasteiger partial charge in [-0.2, -0.15) is 15.0 Å². The zero-order valence-electron chi connectivity index (χ0n) is 11.8. The summed E-state index contributed by atoms with van der Waals surface area (Å²) in [6.45, 7) is 3.39. The first-order valence-electron chi connectivity index (χ1n) is 6.77. The van der Waals surface area contributed by atoms with Crippen molar-refractivity contribution in [1.29, 1.82) is 0 Å². The first kappa shape index (κ1) is 14.0. The standard InChI is InChI=1S/C13H17N5O2S/c1-14-11-15-12(18-4-6-19-7-5-18)17-13(16-11)20-9-10-3-2-8-21-10/h2-3,8H,4-7,9H2,1H3,(H,14,15,16,17). The number of hydrogen-bond donors (Lipinski definition) is 1. The van der Waals surface area contributed by atoms with Crippen LogP contribution in [0.5, 0.6) is 6.01 Å². The molecule has 0 amide bonds. The van der Waals surface area contributed by atoms with Gasteiger partial charge in [0.1, 0.15) is 6.61 Å². The van der Waals surface area contributed by atoms with Crippen molar-refractivity contribution >= 4 is 23.2 Å². The second kappa shape index (κ2) is 6.68. The van der Waals surface area contributed by atoms with Gasteiger partial charge in [0.05, 0.1) is 13.2 Å². The van der Waals surface area contributed by atoms with Gasteiger partial charge in [-0.15, -0.1) is 11.3 Å². The average Bonchev–Trinajstić information content (AvgIpc) is 3.07. The molecular weight excluding hydrogens is 290 g/mol. The van der Waals surface area contributed by atoms with Crippen LogP contribution in [0.25, 0.3) is 0 Å². The second-order valence-corrected chi connectivity index (χ2v) is 5.49. The van der Waals surface area contributed by atoms with E-state index in [9.17, 15) is 0 Å². The molecule has 7 nitrogen and oxygen atoms in total. The predicted octanol–water partition coefficient (Wildman–Crippen LogP) is 1.39. The highest BCUT2D eigenvalue weighted by Crippen LogP contribution is 2.18. The lowest BCUT2D eigenvalue weighted by Crippen LogP contribution is -2.37. The summed E-state index contributed by atoms with van der Waals surface area (Å²) >= 11 is 1.65. The van der Waals surface area contributed by atoms with Crippen LogP contribution in [0.15, 0.2) is 17.5 Å². The van der Waals surface area contributed by atoms with E-state index in [1.54, 1.807) is 18.4 Å². The smallest absolute Gasteiger partial charge is 0.323 e. The van der Waals surface area contributed by atoms with Crippen molar-refractivity contribution in [3.8, 4) is 6.01 Å². The minimum Gasteiger partial charge on any atom is -0.458 e. The molecule has 2 aromatic rings. The van der Waals surface area contributed by atoms with Gasteiger partial charge >= 0.3 is 6.01 Å². The first-order valence-corrected chi connectivity index (χ1v) is 7.65. The van der Waals surface area contributed by atoms with Gasteiger partial charge < -0.3 is 19.7 Å². The third-order valence-electron chi connectivity index (χ3n) is 3.04. The third kappa shape index (κ3) is 3.59. The van der Waals surface area contributed by atoms with Gasteiger partial charge in [-0.05, 0) is 11.4 Å². The molecule has 0 aliphatic carbocycles. The highest BCUT2D eigenvalue weighted by Gasteiger charge is 2.16. The molecule has 112 valence electrons. The van der Waals surface area contributed by atoms with Crippen LogP contribution in [-0.4, -0.2) is 48.3 Å². The molecule has 1 fully saturated rings. The highest BCUT2D eigenvalue weighted by atomic mass is 32.1. The van der Waals surface area contributed by atoms with Crippen LogP contribution < -0.4 is 15.0 Å². The van der Waals surface area contributed by atoms with Crippen molar-refractivity contribution in [3.63, 3.8) is 0 Å². The van der Waals surface area contributed by atoms with Gasteiger partial charge in [0.15, 0.2) is 0 Å². The normalized spacial score (nSPS) is 15.0. The Morgan fingerprint density at radius 1 is 1.33 bits per heavy atom. The molecule has 1 N–H and O–H groups in total. The van der Waals surface area contributed by atoms with Crippen molar-refractivity contribution in [2.75, 3.05) is 43.6 Å². The van der Waals surface area contributed by atoms with Crippen LogP contribution in [0.2, 0.25) is 0 Å². The molecule has 3 rings (SSSR count). The lowest BCUT2D eigenvalue weighted by Gasteiger charge is -2.26. The molecule has 1 saturated heterocycles. The van der Waals surface area contributed by atoms with Gasteiger partial charge in [0.2, 0.25) is 11.9 Å². The molecule has 0 spiro atoms. The summed E-state index contributed by atoms with van der Waals surface area (Å²) in [6.07, 6.45) is 0. The Labute approximate surface area is 127 Å². The van der Waals surface area contributed by atoms with Crippen molar-refractivity contribution < 1.29 is 9.47 Å². The van der Waals surface area contributed by atoms with Crippen LogP contribution in [0.3, 0.4) is 0 Å². The number of rotatable bonds is 5. The fraction of sp³-hybridized carbons (Fsp3) is 0.462. The number of anilines is 2. The van der Waals surface area contributed by atoms with E-state index in [1.165, 1.54) is 0 Å². The third-order valence-corrected chi connectivity index (χ3v) is 3.89. The van der Waals surface area contributed by atoms with Crippen LogP contribution in [0, 0.1) is 0 Å². The fourth-order valence-electron chi connectivity index (χ4n) is 1.96. The Bertz CT molecular complexity index is 572. The molecule has 1 aliphatic heterocycles. The molecule has 3 heterocycles. The summed E-state index contributed by atoms with van der Waals surface area (Å²) in [5, 5.41) is 4.96. The molecule has 0 unspecified atom stereocenters. The van der Waals surface area contributed by atoms with E-state index in [0.717, 1.165) is 18.0 Å². The summed E-state index contributed by atoms with van der Waals surface area (Å²) in [5.41, 5.74) is 0. The lowest BCUT2D eigenvalue weighted by atomic mass is 10.4. The number of hydrogen-bond acceptors (Lipinski definition) is 8. The Kier molecular flexibility index (Phi) is 4.46. The van der Waals surface area contributed by atoms with Crippen molar-refractivity contribution in [2.24, 2.45) is 0 Å². The Morgan fingerprint density at radius 2 is 2.19 bits per heavy atom. The average molecular weight is 307 g/mol. The largest absolute Gasteiger partial charge is 0.458 e. The summed E-state index contributed by atoms with van der Waals surface area (Å²) in [5.74, 6) is 1.13. The zero-order chi connectivity index (χ0) is 14.5. The minimum absolute atomic E-state index is 0.337. The number of aromatic nitrogens is 3. The fourth-order valence-corrected chi connectivity index (χ4v) is 2.57. The van der Waals surface area contributed by atoms with Crippen LogP contribution in [0.1, 0.15) is 4.88 Å². The molecule has 2 aromatic heterocycles. The topological polar surface area (TPSA) is 72.4 Å². The molecular formula is C13H17N5O2S. The quantitative estimate of drug-likeness (QED) is 0.895. The molecule has 21 heavy (non-hydrogen) atoms. The molecule has 1 aliphatic rings. The molecule has 0 radical (unpaired) electrons. The van der Waals surface area contributed by atoms with E-state index in [0.29, 0.717) is 37.7 Å². The van der Waals surface area contributed by atoms with Crippen molar-refractivity contribution in [2.45, 2.75) is 6.61 Å². The van der Waals surface area contributed by atoms with Crippen LogP contribution >= 0.6 is 11.3 Å². The first-order chi connectivity index (χ1) is 10.3. The van der Waals surface area contributed by atoms with Gasteiger partial charge in [-0.1, -0.05) is 6.07 Å². The summed E-state index contributed by atoms with van der Waals surface area (Å²) in [7, 11) is 1.78. The van der Waals surface area contributed by atoms with Gasteiger partial charge in [0.25, 0.3) is 0 Å². The molecule has 0 atom stereocenters. The Hall–Kier alpha value is -1.93. The molecule has 8 heteroatoms. The molecule has 0 saturated carbocycles. The maximum Gasteiger partial charge on any atom is 0.323 e. The number of ether oxygens (including phenoxy) is 2. The number of thiophene rings is 1. The number of nitrogens with zero attached hydrogens (tertiary/aromatic N) is 4. The SMILES string of the molecule is CNc1nc(OCc2cccs2)nc(N2CCOCC2)n1. The molecule has 0 bridgehead atoms. The van der Waals surface area contributed by atoms with E-state index in [-0.39, 0.29) is 0 Å². The monoisotopic (exact) mass is 307 g/mol. The number of morpholine rings is 1. The maximum absolute atomic E-state index is 5.67. The second-order valence-electron chi connectivity index (χ2n) is 4.46. The summed E-state index contributed by atoms with van der Waals surface area (Å²) < 4.78 is 11.0. The van der Waals surface area contributed by atoms with Gasteiger partial charge in [0, 0.05) is 25.0 Å². The lowest BCUT2D eigenvalue weighted by molar-refractivity contribution is 0.122. The van der Waals surface area contributed by atoms with Gasteiger partial charge in [-0.25, -0.2) is 0 Å². The summed E-state index contributed by atoms with van der Waals surface area (Å²) in [4.78, 5) is 16.2. The Balaban J connectivity index is 1.75. The van der Waals surface area contributed by atoms with Crippen molar-refractivity contribution in [1.82, 2.24) is 15.0 Å². The van der Waals surface area contributed by atoms with E-state index < -0.39 is 0 Å². The highest BCUT2D eigenvalue weighted by molar-refractivity contribution is 7.09. The minimum atomic E-state index is 0.337. The van der Waals surface area contributed by atoms with Gasteiger partial charge in [-0.3, -0.25) is 0 Å². The zero-order valence-corrected chi connectivity index (χ0v) is 12.6. The van der Waals surface area contributed by atoms with E-state index in [2.05, 4.69) is 25.2 Å². The van der Waals surface area contributed by atoms with E-state index in [4.69, 9.17) is 9.47 Å². The van der Waals surface area contributed by atoms with Crippen LogP contribution in [0.4, 0.5) is 11.9 Å². The number of nitrogens with one attached hydrogen (secondary N) is 1. The molecule has 0 aromatic carbocycles. The van der Waals surface area contributed by atoms with E-state index >= 15 is 0 Å². The Morgan fingerprint density at radius 3 is 2.90 bits per heavy atom.